The maximum atomic E-state index is 13.5. The Morgan fingerprint density at radius 3 is 2.45 bits per heavy atom. The highest BCUT2D eigenvalue weighted by Gasteiger charge is 2.29. The van der Waals surface area contributed by atoms with Gasteiger partial charge in [-0.1, -0.05) is 6.07 Å². The Labute approximate surface area is 125 Å². The van der Waals surface area contributed by atoms with Gasteiger partial charge in [-0.05, 0) is 48.8 Å². The lowest BCUT2D eigenvalue weighted by molar-refractivity contribution is -0.137. The molecule has 0 atom stereocenters. The summed E-state index contributed by atoms with van der Waals surface area (Å²) in [6.45, 7) is 5.49. The summed E-state index contributed by atoms with van der Waals surface area (Å²) < 4.78 is 13.6. The van der Waals surface area contributed by atoms with E-state index in [1.165, 1.54) is 23.1 Å². The molecule has 0 unspecified atom stereocenters. The van der Waals surface area contributed by atoms with E-state index in [0.717, 1.165) is 0 Å². The molecule has 0 aliphatic carbocycles. The quantitative estimate of drug-likeness (QED) is 0.910. The lowest BCUT2D eigenvalue weighted by Gasteiger charge is -2.35. The van der Waals surface area contributed by atoms with E-state index in [4.69, 9.17) is 5.11 Å². The van der Waals surface area contributed by atoms with Crippen molar-refractivity contribution in [1.29, 1.82) is 0 Å². The molecule has 1 aromatic carbocycles. The summed E-state index contributed by atoms with van der Waals surface area (Å²) in [5, 5.41) is 8.77. The second-order valence-corrected chi connectivity index (χ2v) is 6.17. The summed E-state index contributed by atoms with van der Waals surface area (Å²) in [5.41, 5.74) is -0.372. The van der Waals surface area contributed by atoms with Crippen LogP contribution in [0.15, 0.2) is 22.7 Å². The molecular weight excluding hydrogens is 329 g/mol. The molecule has 1 rings (SSSR count). The Hall–Kier alpha value is -1.43. The first-order valence-corrected chi connectivity index (χ1v) is 6.91. The predicted molar refractivity (Wildman–Crippen MR) is 77.1 cm³/mol. The summed E-state index contributed by atoms with van der Waals surface area (Å²) in [5.74, 6) is -1.90. The molecule has 6 heteroatoms. The van der Waals surface area contributed by atoms with Gasteiger partial charge in [-0.3, -0.25) is 9.59 Å². The van der Waals surface area contributed by atoms with Crippen LogP contribution < -0.4 is 0 Å². The van der Waals surface area contributed by atoms with Crippen LogP contribution in [0.1, 0.15) is 37.6 Å². The number of amides is 1. The Morgan fingerprint density at radius 2 is 1.95 bits per heavy atom. The third-order valence-corrected chi connectivity index (χ3v) is 3.59. The summed E-state index contributed by atoms with van der Waals surface area (Å²) in [6, 6.07) is 4.21. The molecule has 1 amide bonds. The van der Waals surface area contributed by atoms with E-state index in [0.29, 0.717) is 0 Å². The van der Waals surface area contributed by atoms with Gasteiger partial charge in [0, 0.05) is 12.1 Å². The zero-order chi connectivity index (χ0) is 15.5. The molecule has 1 N–H and O–H groups in total. The molecule has 0 radical (unpaired) electrons. The highest BCUT2D eigenvalue weighted by atomic mass is 79.9. The topological polar surface area (TPSA) is 57.6 Å². The largest absolute Gasteiger partial charge is 0.481 e. The number of carbonyl (C=O) groups excluding carboxylic acids is 1. The van der Waals surface area contributed by atoms with Gasteiger partial charge in [0.1, 0.15) is 5.82 Å². The van der Waals surface area contributed by atoms with E-state index >= 15 is 0 Å². The first kappa shape index (κ1) is 16.6. The number of hydrogen-bond donors (Lipinski definition) is 1. The van der Waals surface area contributed by atoms with Gasteiger partial charge in [0.15, 0.2) is 0 Å². The van der Waals surface area contributed by atoms with Gasteiger partial charge in [-0.2, -0.15) is 0 Å². The highest BCUT2D eigenvalue weighted by Crippen LogP contribution is 2.25. The Balaban J connectivity index is 3.10. The smallest absolute Gasteiger partial charge is 0.305 e. The van der Waals surface area contributed by atoms with Crippen molar-refractivity contribution in [3.63, 3.8) is 0 Å². The average Bonchev–Trinajstić information content (AvgIpc) is 2.30. The molecule has 0 spiro atoms. The lowest BCUT2D eigenvalue weighted by atomic mass is 10.0. The van der Waals surface area contributed by atoms with Crippen molar-refractivity contribution in [2.24, 2.45) is 0 Å². The van der Waals surface area contributed by atoms with E-state index in [1.54, 1.807) is 20.8 Å². The summed E-state index contributed by atoms with van der Waals surface area (Å²) in [7, 11) is 0. The summed E-state index contributed by atoms with van der Waals surface area (Å²) in [4.78, 5) is 24.6. The normalized spacial score (nSPS) is 11.2. The van der Waals surface area contributed by atoms with E-state index in [1.807, 2.05) is 0 Å². The van der Waals surface area contributed by atoms with E-state index in [2.05, 4.69) is 15.9 Å². The van der Waals surface area contributed by atoms with Crippen LogP contribution in [0, 0.1) is 5.82 Å². The second-order valence-electron chi connectivity index (χ2n) is 5.37. The van der Waals surface area contributed by atoms with Gasteiger partial charge in [-0.15, -0.1) is 0 Å². The van der Waals surface area contributed by atoms with Crippen molar-refractivity contribution in [3.05, 3.63) is 34.1 Å². The Morgan fingerprint density at radius 1 is 1.35 bits per heavy atom. The van der Waals surface area contributed by atoms with Gasteiger partial charge in [0.25, 0.3) is 5.91 Å². The first-order valence-electron chi connectivity index (χ1n) is 6.12. The zero-order valence-corrected chi connectivity index (χ0v) is 13.2. The fraction of sp³-hybridized carbons (Fsp3) is 0.429. The van der Waals surface area contributed by atoms with Crippen molar-refractivity contribution in [1.82, 2.24) is 4.90 Å². The second kappa shape index (κ2) is 6.35. The van der Waals surface area contributed by atoms with Crippen molar-refractivity contribution >= 4 is 27.8 Å². The van der Waals surface area contributed by atoms with Crippen LogP contribution >= 0.6 is 15.9 Å². The van der Waals surface area contributed by atoms with Crippen molar-refractivity contribution in [2.75, 3.05) is 6.54 Å². The van der Waals surface area contributed by atoms with Gasteiger partial charge in [0.05, 0.1) is 16.5 Å². The minimum atomic E-state index is -0.981. The van der Waals surface area contributed by atoms with E-state index in [9.17, 15) is 14.0 Å². The monoisotopic (exact) mass is 345 g/mol. The summed E-state index contributed by atoms with van der Waals surface area (Å²) in [6.07, 6.45) is -0.157. The third-order valence-electron chi connectivity index (χ3n) is 2.79. The van der Waals surface area contributed by atoms with Crippen LogP contribution in [0.25, 0.3) is 0 Å². The SMILES string of the molecule is CC(C)(C)N(CCC(=O)O)C(=O)c1cccc(F)c1Br. The molecular formula is C14H17BrFNO3. The van der Waals surface area contributed by atoms with Gasteiger partial charge >= 0.3 is 5.97 Å². The number of carboxylic acids is 1. The molecule has 110 valence electrons. The van der Waals surface area contributed by atoms with Crippen molar-refractivity contribution < 1.29 is 19.1 Å². The average molecular weight is 346 g/mol. The number of rotatable bonds is 4. The van der Waals surface area contributed by atoms with Crippen molar-refractivity contribution in [2.45, 2.75) is 32.7 Å². The van der Waals surface area contributed by atoms with E-state index < -0.39 is 23.2 Å². The molecule has 0 aliphatic heterocycles. The highest BCUT2D eigenvalue weighted by molar-refractivity contribution is 9.10. The first-order chi connectivity index (χ1) is 9.14. The van der Waals surface area contributed by atoms with Gasteiger partial charge in [0.2, 0.25) is 0 Å². The molecule has 20 heavy (non-hydrogen) atoms. The fourth-order valence-corrected chi connectivity index (χ4v) is 2.20. The van der Waals surface area contributed by atoms with Crippen LogP contribution in [-0.2, 0) is 4.79 Å². The molecule has 0 fully saturated rings. The molecule has 1 aromatic rings. The Kier molecular flexibility index (Phi) is 5.28. The molecule has 0 aliphatic rings. The number of carbonyl (C=O) groups is 2. The number of benzene rings is 1. The standard InChI is InChI=1S/C14H17BrFNO3/c1-14(2,3)17(8-7-11(18)19)13(20)9-5-4-6-10(16)12(9)15/h4-6H,7-8H2,1-3H3,(H,18,19). The maximum absolute atomic E-state index is 13.5. The fourth-order valence-electron chi connectivity index (χ4n) is 1.76. The van der Waals surface area contributed by atoms with Crippen LogP contribution in [0.3, 0.4) is 0 Å². The molecule has 0 heterocycles. The van der Waals surface area contributed by atoms with Gasteiger partial charge in [-0.25, -0.2) is 4.39 Å². The lowest BCUT2D eigenvalue weighted by Crippen LogP contribution is -2.46. The van der Waals surface area contributed by atoms with Crippen LogP contribution in [0.2, 0.25) is 0 Å². The molecule has 0 saturated carbocycles. The molecule has 0 aromatic heterocycles. The van der Waals surface area contributed by atoms with E-state index in [-0.39, 0.29) is 23.0 Å². The number of nitrogens with zero attached hydrogens (tertiary/aromatic N) is 1. The minimum absolute atomic E-state index is 0.0701. The van der Waals surface area contributed by atoms with Gasteiger partial charge < -0.3 is 10.0 Å². The molecule has 4 nitrogen and oxygen atoms in total. The van der Waals surface area contributed by atoms with Crippen molar-refractivity contribution in [3.8, 4) is 0 Å². The third kappa shape index (κ3) is 4.03. The molecule has 0 saturated heterocycles. The maximum Gasteiger partial charge on any atom is 0.305 e. The zero-order valence-electron chi connectivity index (χ0n) is 11.6. The molecule has 0 bridgehead atoms. The minimum Gasteiger partial charge on any atom is -0.481 e. The number of halogens is 2. The van der Waals surface area contributed by atoms with Crippen LogP contribution in [-0.4, -0.2) is 34.0 Å². The Bertz CT molecular complexity index is 526. The number of hydrogen-bond acceptors (Lipinski definition) is 2. The number of aliphatic carboxylic acids is 1. The predicted octanol–water partition coefficient (Wildman–Crippen LogP) is 3.30. The number of carboxylic acid groups (broad SMARTS) is 1. The van der Waals surface area contributed by atoms with Crippen LogP contribution in [0.5, 0.6) is 0 Å². The summed E-state index contributed by atoms with van der Waals surface area (Å²) >= 11 is 3.06. The van der Waals surface area contributed by atoms with Crippen LogP contribution in [0.4, 0.5) is 4.39 Å².